The summed E-state index contributed by atoms with van der Waals surface area (Å²) in [5, 5.41) is 4.18. The molecule has 0 aliphatic heterocycles. The van der Waals surface area contributed by atoms with Crippen LogP contribution >= 0.6 is 15.9 Å². The molecule has 0 spiro atoms. The normalized spacial score (nSPS) is 10.4. The van der Waals surface area contributed by atoms with Crippen LogP contribution in [-0.4, -0.2) is 9.78 Å². The van der Waals surface area contributed by atoms with Crippen LogP contribution in [0.3, 0.4) is 0 Å². The van der Waals surface area contributed by atoms with Crippen LogP contribution in [0.15, 0.2) is 34.9 Å². The molecule has 5 heteroatoms. The predicted molar refractivity (Wildman–Crippen MR) is 61.6 cm³/mol. The second-order valence-corrected chi connectivity index (χ2v) is 4.20. The van der Waals surface area contributed by atoms with E-state index in [2.05, 4.69) is 21.0 Å². The molecule has 16 heavy (non-hydrogen) atoms. The number of aryl methyl sites for hydroxylation is 1. The molecule has 0 N–H and O–H groups in total. The summed E-state index contributed by atoms with van der Waals surface area (Å²) in [5.74, 6) is 0.309. The molecule has 0 amide bonds. The average Bonchev–Trinajstić information content (AvgIpc) is 2.63. The summed E-state index contributed by atoms with van der Waals surface area (Å²) >= 11 is 3.24. The Kier molecular flexibility index (Phi) is 3.24. The Balaban J connectivity index is 2.04. The Morgan fingerprint density at radius 2 is 2.25 bits per heavy atom. The van der Waals surface area contributed by atoms with Crippen LogP contribution in [-0.2, 0) is 13.7 Å². The largest absolute Gasteiger partial charge is 0.486 e. The van der Waals surface area contributed by atoms with E-state index in [1.807, 2.05) is 19.3 Å². The maximum Gasteiger partial charge on any atom is 0.134 e. The van der Waals surface area contributed by atoms with Gasteiger partial charge < -0.3 is 4.74 Å². The molecule has 0 atom stereocenters. The Bertz CT molecular complexity index is 498. The maximum absolute atomic E-state index is 12.8. The molecule has 84 valence electrons. The first-order chi connectivity index (χ1) is 7.65. The van der Waals surface area contributed by atoms with Gasteiger partial charge in [-0.05, 0) is 40.2 Å². The van der Waals surface area contributed by atoms with Gasteiger partial charge in [-0.1, -0.05) is 0 Å². The second-order valence-electron chi connectivity index (χ2n) is 3.34. The number of hydrogen-bond donors (Lipinski definition) is 0. The lowest BCUT2D eigenvalue weighted by Gasteiger charge is -2.06. The van der Waals surface area contributed by atoms with Crippen molar-refractivity contribution in [3.05, 3.63) is 46.4 Å². The van der Waals surface area contributed by atoms with Crippen LogP contribution < -0.4 is 4.74 Å². The number of benzene rings is 1. The second kappa shape index (κ2) is 4.65. The van der Waals surface area contributed by atoms with Gasteiger partial charge in [-0.15, -0.1) is 0 Å². The zero-order valence-corrected chi connectivity index (χ0v) is 10.2. The van der Waals surface area contributed by atoms with Crippen molar-refractivity contribution in [1.82, 2.24) is 9.78 Å². The van der Waals surface area contributed by atoms with E-state index >= 15 is 0 Å². The van der Waals surface area contributed by atoms with Crippen molar-refractivity contribution >= 4 is 15.9 Å². The smallest absolute Gasteiger partial charge is 0.134 e. The first kappa shape index (κ1) is 11.1. The van der Waals surface area contributed by atoms with Crippen molar-refractivity contribution in [2.75, 3.05) is 0 Å². The maximum atomic E-state index is 12.8. The Morgan fingerprint density at radius 3 is 2.88 bits per heavy atom. The molecule has 1 aromatic carbocycles. The molecule has 3 nitrogen and oxygen atoms in total. The molecule has 0 saturated carbocycles. The lowest BCUT2D eigenvalue weighted by molar-refractivity contribution is 0.297. The summed E-state index contributed by atoms with van der Waals surface area (Å²) < 4.78 is 20.6. The van der Waals surface area contributed by atoms with Crippen LogP contribution in [0.4, 0.5) is 4.39 Å². The number of aromatic nitrogens is 2. The summed E-state index contributed by atoms with van der Waals surface area (Å²) in [6, 6.07) is 6.19. The third kappa shape index (κ3) is 2.61. The van der Waals surface area contributed by atoms with E-state index in [0.29, 0.717) is 16.8 Å². The van der Waals surface area contributed by atoms with E-state index in [0.717, 1.165) is 5.69 Å². The van der Waals surface area contributed by atoms with Gasteiger partial charge in [-0.3, -0.25) is 4.68 Å². The molecule has 0 fully saturated rings. The van der Waals surface area contributed by atoms with E-state index in [1.54, 1.807) is 10.7 Å². The van der Waals surface area contributed by atoms with E-state index in [9.17, 15) is 4.39 Å². The van der Waals surface area contributed by atoms with Gasteiger partial charge in [0.05, 0.1) is 10.2 Å². The van der Waals surface area contributed by atoms with Crippen LogP contribution in [0.5, 0.6) is 5.75 Å². The van der Waals surface area contributed by atoms with Gasteiger partial charge in [-0.2, -0.15) is 5.10 Å². The SMILES string of the molecule is Cn1ccc(COc2ccc(F)cc2Br)n1. The fourth-order valence-electron chi connectivity index (χ4n) is 1.28. The quantitative estimate of drug-likeness (QED) is 0.867. The van der Waals surface area contributed by atoms with E-state index in [4.69, 9.17) is 4.74 Å². The molecule has 0 unspecified atom stereocenters. The molecule has 0 aliphatic rings. The third-order valence-electron chi connectivity index (χ3n) is 2.04. The minimum atomic E-state index is -0.294. The molecule has 2 rings (SSSR count). The van der Waals surface area contributed by atoms with E-state index in [1.165, 1.54) is 12.1 Å². The molecule has 0 saturated heterocycles. The minimum Gasteiger partial charge on any atom is -0.486 e. The number of halogens is 2. The molecule has 2 aromatic rings. The van der Waals surface area contributed by atoms with Crippen molar-refractivity contribution < 1.29 is 9.13 Å². The zero-order valence-electron chi connectivity index (χ0n) is 8.65. The van der Waals surface area contributed by atoms with Crippen molar-refractivity contribution in [3.63, 3.8) is 0 Å². The van der Waals surface area contributed by atoms with Gasteiger partial charge >= 0.3 is 0 Å². The van der Waals surface area contributed by atoms with E-state index in [-0.39, 0.29) is 5.82 Å². The molecule has 0 aliphatic carbocycles. The van der Waals surface area contributed by atoms with Gasteiger partial charge in [0.2, 0.25) is 0 Å². The fraction of sp³-hybridized carbons (Fsp3) is 0.182. The fourth-order valence-corrected chi connectivity index (χ4v) is 1.75. The van der Waals surface area contributed by atoms with Crippen LogP contribution in [0.1, 0.15) is 5.69 Å². The zero-order chi connectivity index (χ0) is 11.5. The lowest BCUT2D eigenvalue weighted by atomic mass is 10.3. The molecular formula is C11H10BrFN2O. The Labute approximate surface area is 101 Å². The highest BCUT2D eigenvalue weighted by Gasteiger charge is 2.04. The molecule has 1 aromatic heterocycles. The number of ether oxygens (including phenoxy) is 1. The third-order valence-corrected chi connectivity index (χ3v) is 2.66. The van der Waals surface area contributed by atoms with Crippen molar-refractivity contribution in [2.24, 2.45) is 7.05 Å². The van der Waals surface area contributed by atoms with Crippen molar-refractivity contribution in [3.8, 4) is 5.75 Å². The number of rotatable bonds is 3. The minimum absolute atomic E-state index is 0.294. The summed E-state index contributed by atoms with van der Waals surface area (Å²) in [4.78, 5) is 0. The summed E-state index contributed by atoms with van der Waals surface area (Å²) in [6.07, 6.45) is 1.85. The summed E-state index contributed by atoms with van der Waals surface area (Å²) in [5.41, 5.74) is 0.832. The lowest BCUT2D eigenvalue weighted by Crippen LogP contribution is -1.98. The molecule has 0 radical (unpaired) electrons. The Morgan fingerprint density at radius 1 is 1.44 bits per heavy atom. The topological polar surface area (TPSA) is 27.1 Å². The van der Waals surface area contributed by atoms with Crippen molar-refractivity contribution in [2.45, 2.75) is 6.61 Å². The first-order valence-corrected chi connectivity index (χ1v) is 5.51. The van der Waals surface area contributed by atoms with Crippen LogP contribution in [0.2, 0.25) is 0 Å². The summed E-state index contributed by atoms with van der Waals surface area (Å²) in [7, 11) is 1.84. The highest BCUT2D eigenvalue weighted by molar-refractivity contribution is 9.10. The summed E-state index contributed by atoms with van der Waals surface area (Å²) in [6.45, 7) is 0.366. The standard InChI is InChI=1S/C11H10BrFN2O/c1-15-5-4-9(14-15)7-16-11-3-2-8(13)6-10(11)12/h2-6H,7H2,1H3. The van der Waals surface area contributed by atoms with Crippen molar-refractivity contribution in [1.29, 1.82) is 0 Å². The van der Waals surface area contributed by atoms with Gasteiger partial charge in [0.25, 0.3) is 0 Å². The highest BCUT2D eigenvalue weighted by atomic mass is 79.9. The highest BCUT2D eigenvalue weighted by Crippen LogP contribution is 2.25. The average molecular weight is 285 g/mol. The first-order valence-electron chi connectivity index (χ1n) is 4.71. The van der Waals surface area contributed by atoms with Gasteiger partial charge in [-0.25, -0.2) is 4.39 Å². The van der Waals surface area contributed by atoms with Gasteiger partial charge in [0, 0.05) is 13.2 Å². The molecule has 0 bridgehead atoms. The Hall–Kier alpha value is -1.36. The molecular weight excluding hydrogens is 275 g/mol. The van der Waals surface area contributed by atoms with Crippen LogP contribution in [0.25, 0.3) is 0 Å². The van der Waals surface area contributed by atoms with E-state index < -0.39 is 0 Å². The number of hydrogen-bond acceptors (Lipinski definition) is 2. The van der Waals surface area contributed by atoms with Gasteiger partial charge in [0.1, 0.15) is 18.2 Å². The predicted octanol–water partition coefficient (Wildman–Crippen LogP) is 2.90. The monoisotopic (exact) mass is 284 g/mol. The molecule has 1 heterocycles. The van der Waals surface area contributed by atoms with Gasteiger partial charge in [0.15, 0.2) is 0 Å². The number of nitrogens with zero attached hydrogens (tertiary/aromatic N) is 2. The van der Waals surface area contributed by atoms with Crippen LogP contribution in [0, 0.1) is 5.82 Å².